The number of rotatable bonds is 14. The van der Waals surface area contributed by atoms with E-state index < -0.39 is 53.8 Å². The summed E-state index contributed by atoms with van der Waals surface area (Å²) in [7, 11) is 0. The average Bonchev–Trinajstić information content (AvgIpc) is 3.46. The summed E-state index contributed by atoms with van der Waals surface area (Å²) in [4.78, 5) is 62.4. The zero-order chi connectivity index (χ0) is 28.2. The second-order valence-corrected chi connectivity index (χ2v) is 9.48. The molecule has 2 aromatic carbocycles. The molecule has 1 heterocycles. The molecule has 1 saturated heterocycles. The molecule has 6 N–H and O–H groups in total. The molecular formula is C28H34N4O7. The maximum Gasteiger partial charge on any atom is 0.326 e. The molecule has 2 aromatic rings. The van der Waals surface area contributed by atoms with E-state index in [2.05, 4.69) is 21.3 Å². The Labute approximate surface area is 226 Å². The summed E-state index contributed by atoms with van der Waals surface area (Å²) in [5.74, 6) is -4.22. The summed E-state index contributed by atoms with van der Waals surface area (Å²) in [6.45, 7) is 0.664. The lowest BCUT2D eigenvalue weighted by molar-refractivity contribution is -0.142. The van der Waals surface area contributed by atoms with Crippen LogP contribution in [0.5, 0.6) is 0 Å². The Hall–Kier alpha value is -4.25. The third-order valence-electron chi connectivity index (χ3n) is 6.47. The Morgan fingerprint density at radius 3 is 1.82 bits per heavy atom. The molecule has 11 nitrogen and oxygen atoms in total. The molecule has 0 saturated carbocycles. The maximum atomic E-state index is 13.3. The van der Waals surface area contributed by atoms with Crippen molar-refractivity contribution in [2.45, 2.75) is 62.7 Å². The molecule has 3 amide bonds. The van der Waals surface area contributed by atoms with Gasteiger partial charge in [0.05, 0.1) is 6.04 Å². The molecule has 208 valence electrons. The molecule has 0 radical (unpaired) electrons. The highest BCUT2D eigenvalue weighted by Gasteiger charge is 2.32. The van der Waals surface area contributed by atoms with Gasteiger partial charge in [0.2, 0.25) is 17.7 Å². The van der Waals surface area contributed by atoms with E-state index in [1.807, 2.05) is 0 Å². The summed E-state index contributed by atoms with van der Waals surface area (Å²) < 4.78 is 0. The Bertz CT molecular complexity index is 1140. The SMILES string of the molecule is O=C(O)CCC(NC(=O)C1CCCN1)C(=O)NC(Cc1ccccc1)C(=O)NC(Cc1ccccc1)C(=O)O. The highest BCUT2D eigenvalue weighted by molar-refractivity contribution is 5.94. The van der Waals surface area contributed by atoms with Crippen LogP contribution in [0.4, 0.5) is 0 Å². The highest BCUT2D eigenvalue weighted by atomic mass is 16.4. The number of carbonyl (C=O) groups is 5. The lowest BCUT2D eigenvalue weighted by Crippen LogP contribution is -2.57. The summed E-state index contributed by atoms with van der Waals surface area (Å²) in [6.07, 6.45) is 0.946. The van der Waals surface area contributed by atoms with E-state index in [0.717, 1.165) is 6.42 Å². The lowest BCUT2D eigenvalue weighted by atomic mass is 10.0. The normalized spacial score (nSPS) is 16.9. The van der Waals surface area contributed by atoms with Crippen LogP contribution < -0.4 is 21.3 Å². The van der Waals surface area contributed by atoms with E-state index in [4.69, 9.17) is 5.11 Å². The van der Waals surface area contributed by atoms with Crippen molar-refractivity contribution in [1.29, 1.82) is 0 Å². The first-order valence-corrected chi connectivity index (χ1v) is 12.9. The number of aliphatic carboxylic acids is 2. The zero-order valence-electron chi connectivity index (χ0n) is 21.5. The van der Waals surface area contributed by atoms with Crippen LogP contribution in [0.2, 0.25) is 0 Å². The van der Waals surface area contributed by atoms with Gasteiger partial charge in [-0.2, -0.15) is 0 Å². The fraction of sp³-hybridized carbons (Fsp3) is 0.393. The lowest BCUT2D eigenvalue weighted by Gasteiger charge is -2.25. The minimum atomic E-state index is -1.24. The molecule has 1 aliphatic rings. The fourth-order valence-corrected chi connectivity index (χ4v) is 4.37. The molecule has 1 fully saturated rings. The largest absolute Gasteiger partial charge is 0.481 e. The molecular weight excluding hydrogens is 504 g/mol. The topological polar surface area (TPSA) is 174 Å². The van der Waals surface area contributed by atoms with Crippen molar-refractivity contribution in [3.8, 4) is 0 Å². The minimum Gasteiger partial charge on any atom is -0.481 e. The quantitative estimate of drug-likeness (QED) is 0.203. The first kappa shape index (κ1) is 29.3. The first-order valence-electron chi connectivity index (χ1n) is 12.9. The number of carboxylic acids is 2. The summed E-state index contributed by atoms with van der Waals surface area (Å²) in [6, 6.07) is 13.6. The van der Waals surface area contributed by atoms with Gasteiger partial charge >= 0.3 is 11.9 Å². The van der Waals surface area contributed by atoms with Crippen molar-refractivity contribution in [3.63, 3.8) is 0 Å². The number of hydrogen-bond donors (Lipinski definition) is 6. The van der Waals surface area contributed by atoms with Crippen molar-refractivity contribution in [2.75, 3.05) is 6.54 Å². The van der Waals surface area contributed by atoms with Crippen LogP contribution in [0.3, 0.4) is 0 Å². The van der Waals surface area contributed by atoms with Crippen molar-refractivity contribution in [1.82, 2.24) is 21.3 Å². The van der Waals surface area contributed by atoms with Gasteiger partial charge in [-0.3, -0.25) is 19.2 Å². The van der Waals surface area contributed by atoms with Gasteiger partial charge in [-0.15, -0.1) is 0 Å². The van der Waals surface area contributed by atoms with Gasteiger partial charge in [-0.25, -0.2) is 4.79 Å². The van der Waals surface area contributed by atoms with Gasteiger partial charge in [0.1, 0.15) is 18.1 Å². The Morgan fingerprint density at radius 2 is 1.31 bits per heavy atom. The average molecular weight is 539 g/mol. The molecule has 0 spiro atoms. The third-order valence-corrected chi connectivity index (χ3v) is 6.47. The zero-order valence-corrected chi connectivity index (χ0v) is 21.5. The van der Waals surface area contributed by atoms with Crippen LogP contribution in [0.15, 0.2) is 60.7 Å². The van der Waals surface area contributed by atoms with Crippen LogP contribution in [-0.4, -0.2) is 70.6 Å². The smallest absolute Gasteiger partial charge is 0.326 e. The van der Waals surface area contributed by atoms with E-state index in [0.29, 0.717) is 24.1 Å². The number of carbonyl (C=O) groups excluding carboxylic acids is 3. The van der Waals surface area contributed by atoms with Gasteiger partial charge in [-0.05, 0) is 36.9 Å². The highest BCUT2D eigenvalue weighted by Crippen LogP contribution is 2.10. The van der Waals surface area contributed by atoms with Gasteiger partial charge in [0, 0.05) is 19.3 Å². The van der Waals surface area contributed by atoms with E-state index in [-0.39, 0.29) is 25.7 Å². The number of amides is 3. The Morgan fingerprint density at radius 1 is 0.769 bits per heavy atom. The number of carboxylic acid groups (broad SMARTS) is 2. The third kappa shape index (κ3) is 9.53. The molecule has 39 heavy (non-hydrogen) atoms. The van der Waals surface area contributed by atoms with Crippen LogP contribution in [0, 0.1) is 0 Å². The van der Waals surface area contributed by atoms with Crippen LogP contribution in [0.1, 0.15) is 36.8 Å². The van der Waals surface area contributed by atoms with Crippen LogP contribution >= 0.6 is 0 Å². The predicted octanol–water partition coefficient (Wildman–Crippen LogP) is 0.628. The number of hydrogen-bond acceptors (Lipinski definition) is 6. The van der Waals surface area contributed by atoms with Crippen molar-refractivity contribution >= 4 is 29.7 Å². The molecule has 4 atom stereocenters. The fourth-order valence-electron chi connectivity index (χ4n) is 4.37. The van der Waals surface area contributed by atoms with Crippen LogP contribution in [-0.2, 0) is 36.8 Å². The number of benzene rings is 2. The van der Waals surface area contributed by atoms with Crippen LogP contribution in [0.25, 0.3) is 0 Å². The van der Waals surface area contributed by atoms with Gasteiger partial charge in [-0.1, -0.05) is 60.7 Å². The van der Waals surface area contributed by atoms with Gasteiger partial charge in [0.15, 0.2) is 0 Å². The van der Waals surface area contributed by atoms with Gasteiger partial charge in [0.25, 0.3) is 0 Å². The molecule has 1 aliphatic heterocycles. The first-order chi connectivity index (χ1) is 18.7. The molecule has 3 rings (SSSR count). The van der Waals surface area contributed by atoms with Crippen molar-refractivity contribution in [3.05, 3.63) is 71.8 Å². The summed E-state index contributed by atoms with van der Waals surface area (Å²) in [5.41, 5.74) is 1.43. The summed E-state index contributed by atoms with van der Waals surface area (Å²) in [5, 5.41) is 29.7. The monoisotopic (exact) mass is 538 g/mol. The molecule has 0 aromatic heterocycles. The van der Waals surface area contributed by atoms with E-state index in [9.17, 15) is 29.1 Å². The minimum absolute atomic E-state index is 0.0413. The van der Waals surface area contributed by atoms with Gasteiger partial charge < -0.3 is 31.5 Å². The van der Waals surface area contributed by atoms with Crippen molar-refractivity contribution in [2.24, 2.45) is 0 Å². The molecule has 4 unspecified atom stereocenters. The predicted molar refractivity (Wildman–Crippen MR) is 142 cm³/mol. The van der Waals surface area contributed by atoms with E-state index in [1.165, 1.54) is 0 Å². The maximum absolute atomic E-state index is 13.3. The standard InChI is InChI=1S/C28H34N4O7/c33-24(34)14-13-21(30-25(35)20-12-7-15-29-20)26(36)31-22(16-18-8-3-1-4-9-18)27(37)32-23(28(38)39)17-19-10-5-2-6-11-19/h1-6,8-11,20-23,29H,7,12-17H2,(H,30,35)(H,31,36)(H,32,37)(H,33,34)(H,38,39). The second-order valence-electron chi connectivity index (χ2n) is 9.48. The molecule has 0 bridgehead atoms. The van der Waals surface area contributed by atoms with Crippen molar-refractivity contribution < 1.29 is 34.2 Å². The Kier molecular flexibility index (Phi) is 11.0. The molecule has 0 aliphatic carbocycles. The second kappa shape index (κ2) is 14.6. The molecule has 11 heteroatoms. The summed E-state index contributed by atoms with van der Waals surface area (Å²) >= 11 is 0. The number of nitrogens with one attached hydrogen (secondary N) is 4. The van der Waals surface area contributed by atoms with E-state index >= 15 is 0 Å². The van der Waals surface area contributed by atoms with E-state index in [1.54, 1.807) is 60.7 Å². The Balaban J connectivity index is 1.77.